The van der Waals surface area contributed by atoms with Crippen LogP contribution in [0.2, 0.25) is 0 Å². The molecule has 1 N–H and O–H groups in total. The summed E-state index contributed by atoms with van der Waals surface area (Å²) in [4.78, 5) is 47.5. The molecule has 1 aromatic heterocycles. The number of anilines is 1. The summed E-state index contributed by atoms with van der Waals surface area (Å²) < 4.78 is 0. The van der Waals surface area contributed by atoms with Crippen molar-refractivity contribution in [3.63, 3.8) is 0 Å². The summed E-state index contributed by atoms with van der Waals surface area (Å²) in [6.45, 7) is 3.72. The van der Waals surface area contributed by atoms with Gasteiger partial charge >= 0.3 is 0 Å². The molecule has 3 heterocycles. The normalized spacial score (nSPS) is 18.2. The topological polar surface area (TPSA) is 86.4 Å². The number of benzene rings is 1. The van der Waals surface area contributed by atoms with Crippen LogP contribution in [0, 0.1) is 6.92 Å². The van der Waals surface area contributed by atoms with E-state index in [1.807, 2.05) is 24.3 Å². The fraction of sp³-hybridized carbons (Fsp3) is 0.333. The fourth-order valence-corrected chi connectivity index (χ4v) is 3.73. The first-order chi connectivity index (χ1) is 12.0. The lowest BCUT2D eigenvalue weighted by atomic mass is 10.1. The van der Waals surface area contributed by atoms with E-state index < -0.39 is 6.04 Å². The molecule has 1 aromatic carbocycles. The van der Waals surface area contributed by atoms with Crippen molar-refractivity contribution in [3.05, 3.63) is 57.3 Å². The third-order valence-corrected chi connectivity index (χ3v) is 4.82. The number of aryl methyl sites for hydroxylation is 1. The maximum atomic E-state index is 13.1. The van der Waals surface area contributed by atoms with Gasteiger partial charge in [-0.1, -0.05) is 18.2 Å². The van der Waals surface area contributed by atoms with Crippen LogP contribution >= 0.6 is 0 Å². The van der Waals surface area contributed by atoms with Gasteiger partial charge in [-0.15, -0.1) is 0 Å². The van der Waals surface area contributed by atoms with Crippen LogP contribution in [0.15, 0.2) is 29.1 Å². The molecule has 7 nitrogen and oxygen atoms in total. The fourth-order valence-electron chi connectivity index (χ4n) is 3.73. The molecule has 0 bridgehead atoms. The molecule has 0 aliphatic carbocycles. The van der Waals surface area contributed by atoms with Crippen molar-refractivity contribution < 1.29 is 9.59 Å². The highest BCUT2D eigenvalue weighted by molar-refractivity contribution is 6.02. The number of H-pyrrole nitrogens is 1. The zero-order chi connectivity index (χ0) is 17.7. The number of carbonyl (C=O) groups excluding carboxylic acids is 2. The quantitative estimate of drug-likeness (QED) is 0.837. The van der Waals surface area contributed by atoms with Gasteiger partial charge in [-0.3, -0.25) is 19.3 Å². The maximum Gasteiger partial charge on any atom is 0.256 e. The van der Waals surface area contributed by atoms with Gasteiger partial charge in [0, 0.05) is 19.0 Å². The second-order valence-corrected chi connectivity index (χ2v) is 6.51. The second kappa shape index (κ2) is 5.54. The van der Waals surface area contributed by atoms with Gasteiger partial charge < -0.3 is 9.88 Å². The highest BCUT2D eigenvalue weighted by atomic mass is 16.2. The molecule has 0 radical (unpaired) electrons. The zero-order valence-electron chi connectivity index (χ0n) is 14.1. The monoisotopic (exact) mass is 338 g/mol. The van der Waals surface area contributed by atoms with E-state index in [2.05, 4.69) is 9.97 Å². The molecule has 7 heteroatoms. The van der Waals surface area contributed by atoms with Crippen molar-refractivity contribution in [2.75, 3.05) is 4.90 Å². The molecule has 2 amide bonds. The highest BCUT2D eigenvalue weighted by Crippen LogP contribution is 2.34. The Morgan fingerprint density at radius 2 is 2.00 bits per heavy atom. The molecule has 2 aliphatic rings. The van der Waals surface area contributed by atoms with Crippen LogP contribution in [0.25, 0.3) is 0 Å². The van der Waals surface area contributed by atoms with Crippen molar-refractivity contribution in [2.24, 2.45) is 0 Å². The Hall–Kier alpha value is -2.96. The molecule has 0 unspecified atom stereocenters. The first-order valence-corrected chi connectivity index (χ1v) is 8.21. The summed E-state index contributed by atoms with van der Waals surface area (Å²) in [5.41, 5.74) is 2.75. The molecule has 1 atom stereocenters. The number of aromatic nitrogens is 2. The molecular weight excluding hydrogens is 320 g/mol. The van der Waals surface area contributed by atoms with Crippen LogP contribution in [0.3, 0.4) is 0 Å². The lowest BCUT2D eigenvalue weighted by molar-refractivity contribution is -0.134. The first-order valence-electron chi connectivity index (χ1n) is 8.21. The largest absolute Gasteiger partial charge is 0.330 e. The van der Waals surface area contributed by atoms with E-state index in [4.69, 9.17) is 0 Å². The van der Waals surface area contributed by atoms with Crippen molar-refractivity contribution in [1.29, 1.82) is 0 Å². The highest BCUT2D eigenvalue weighted by Gasteiger charge is 2.40. The maximum absolute atomic E-state index is 13.1. The molecule has 128 valence electrons. The number of para-hydroxylation sites is 1. The van der Waals surface area contributed by atoms with Crippen molar-refractivity contribution in [2.45, 2.75) is 39.4 Å². The lowest BCUT2D eigenvalue weighted by Crippen LogP contribution is -2.47. The van der Waals surface area contributed by atoms with E-state index >= 15 is 0 Å². The standard InChI is InChI=1S/C18H18N4O3/c1-10-19-14-9-21(8-13(14)17(24)20-10)18(25)16-7-12-5-3-4-6-15(12)22(16)11(2)23/h3-6,16H,7-9H2,1-2H3,(H,19,20,24)/t16-/m0/s1. The van der Waals surface area contributed by atoms with E-state index in [-0.39, 0.29) is 23.9 Å². The number of amides is 2. The number of hydrogen-bond acceptors (Lipinski definition) is 4. The number of nitrogens with one attached hydrogen (secondary N) is 1. The van der Waals surface area contributed by atoms with Crippen LogP contribution in [0.5, 0.6) is 0 Å². The molecule has 0 saturated carbocycles. The Bertz CT molecular complexity index is 950. The molecular formula is C18H18N4O3. The summed E-state index contributed by atoms with van der Waals surface area (Å²) in [5, 5.41) is 0. The number of hydrogen-bond donors (Lipinski definition) is 1. The number of aromatic amines is 1. The predicted molar refractivity (Wildman–Crippen MR) is 90.9 cm³/mol. The molecule has 0 spiro atoms. The Morgan fingerprint density at radius 1 is 1.24 bits per heavy atom. The minimum atomic E-state index is -0.565. The van der Waals surface area contributed by atoms with E-state index in [9.17, 15) is 14.4 Å². The number of rotatable bonds is 1. The minimum absolute atomic E-state index is 0.151. The van der Waals surface area contributed by atoms with E-state index in [0.717, 1.165) is 11.3 Å². The van der Waals surface area contributed by atoms with Gasteiger partial charge in [-0.25, -0.2) is 4.98 Å². The van der Waals surface area contributed by atoms with Crippen LogP contribution in [0.1, 0.15) is 29.6 Å². The first kappa shape index (κ1) is 15.6. The molecule has 2 aromatic rings. The number of nitrogens with zero attached hydrogens (tertiary/aromatic N) is 3. The van der Waals surface area contributed by atoms with E-state index in [1.165, 1.54) is 6.92 Å². The summed E-state index contributed by atoms with van der Waals surface area (Å²) in [6, 6.07) is 7.00. The average Bonchev–Trinajstić information content (AvgIpc) is 3.15. The predicted octanol–water partition coefficient (Wildman–Crippen LogP) is 0.898. The second-order valence-electron chi connectivity index (χ2n) is 6.51. The van der Waals surface area contributed by atoms with Crippen LogP contribution < -0.4 is 10.5 Å². The van der Waals surface area contributed by atoms with Crippen molar-refractivity contribution in [3.8, 4) is 0 Å². The smallest absolute Gasteiger partial charge is 0.256 e. The third kappa shape index (κ3) is 2.43. The molecule has 0 saturated heterocycles. The Kier molecular flexibility index (Phi) is 3.45. The van der Waals surface area contributed by atoms with Crippen LogP contribution in [-0.2, 0) is 29.1 Å². The van der Waals surface area contributed by atoms with Gasteiger partial charge in [-0.2, -0.15) is 0 Å². The summed E-state index contributed by atoms with van der Waals surface area (Å²) in [6.07, 6.45) is 0.490. The van der Waals surface area contributed by atoms with Gasteiger partial charge in [0.2, 0.25) is 11.8 Å². The summed E-state index contributed by atoms with van der Waals surface area (Å²) in [5.74, 6) is 0.227. The van der Waals surface area contributed by atoms with Crippen LogP contribution in [-0.4, -0.2) is 32.7 Å². The molecule has 2 aliphatic heterocycles. The van der Waals surface area contributed by atoms with Gasteiger partial charge in [0.15, 0.2) is 0 Å². The third-order valence-electron chi connectivity index (χ3n) is 4.82. The van der Waals surface area contributed by atoms with E-state index in [1.54, 1.807) is 16.7 Å². The summed E-state index contributed by atoms with van der Waals surface area (Å²) in [7, 11) is 0. The van der Waals surface area contributed by atoms with Gasteiger partial charge in [0.25, 0.3) is 5.56 Å². The minimum Gasteiger partial charge on any atom is -0.330 e. The summed E-state index contributed by atoms with van der Waals surface area (Å²) >= 11 is 0. The molecule has 4 rings (SSSR count). The van der Waals surface area contributed by atoms with Gasteiger partial charge in [0.05, 0.1) is 24.3 Å². The van der Waals surface area contributed by atoms with Crippen LogP contribution in [0.4, 0.5) is 5.69 Å². The number of fused-ring (bicyclic) bond motifs is 2. The SMILES string of the molecule is CC(=O)N1c2ccccc2C[C@H]1C(=O)N1Cc2nc(C)[nH]c(=O)c2C1. The Balaban J connectivity index is 1.63. The van der Waals surface area contributed by atoms with Gasteiger partial charge in [-0.05, 0) is 18.6 Å². The Morgan fingerprint density at radius 3 is 2.76 bits per heavy atom. The van der Waals surface area contributed by atoms with E-state index in [0.29, 0.717) is 30.0 Å². The zero-order valence-corrected chi connectivity index (χ0v) is 14.1. The Labute approximate surface area is 144 Å². The average molecular weight is 338 g/mol. The van der Waals surface area contributed by atoms with Crippen molar-refractivity contribution >= 4 is 17.5 Å². The van der Waals surface area contributed by atoms with Gasteiger partial charge in [0.1, 0.15) is 11.9 Å². The van der Waals surface area contributed by atoms with Crippen molar-refractivity contribution in [1.82, 2.24) is 14.9 Å². The molecule has 25 heavy (non-hydrogen) atoms. The molecule has 0 fully saturated rings. The number of carbonyl (C=O) groups is 2. The lowest BCUT2D eigenvalue weighted by Gasteiger charge is -2.27.